The van der Waals surface area contributed by atoms with E-state index in [1.807, 2.05) is 31.2 Å². The summed E-state index contributed by atoms with van der Waals surface area (Å²) in [6.07, 6.45) is 3.14. The van der Waals surface area contributed by atoms with Crippen LogP contribution in [0.2, 0.25) is 0 Å². The monoisotopic (exact) mass is 374 g/mol. The second-order valence-corrected chi connectivity index (χ2v) is 5.76. The Kier molecular flexibility index (Phi) is 4.29. The molecule has 7 heteroatoms. The molecule has 0 radical (unpaired) electrons. The Morgan fingerprint density at radius 1 is 1.35 bits per heavy atom. The highest BCUT2D eigenvalue weighted by Gasteiger charge is 2.19. The van der Waals surface area contributed by atoms with Gasteiger partial charge in [-0.25, -0.2) is 9.78 Å². The van der Waals surface area contributed by atoms with E-state index >= 15 is 0 Å². The van der Waals surface area contributed by atoms with Crippen LogP contribution in [0.15, 0.2) is 41.1 Å². The third-order valence-electron chi connectivity index (χ3n) is 3.38. The average molecular weight is 375 g/mol. The Labute approximate surface area is 141 Å². The molecule has 0 unspecified atom stereocenters. The Bertz CT molecular complexity index is 876. The van der Waals surface area contributed by atoms with Gasteiger partial charge in [0, 0.05) is 11.9 Å². The second-order valence-electron chi connectivity index (χ2n) is 4.91. The van der Waals surface area contributed by atoms with E-state index in [-0.39, 0.29) is 0 Å². The second kappa shape index (κ2) is 6.37. The van der Waals surface area contributed by atoms with Crippen LogP contribution >= 0.6 is 15.9 Å². The summed E-state index contributed by atoms with van der Waals surface area (Å²) in [7, 11) is 0. The molecule has 23 heavy (non-hydrogen) atoms. The Hall–Kier alpha value is -2.41. The van der Waals surface area contributed by atoms with E-state index in [9.17, 15) is 4.79 Å². The van der Waals surface area contributed by atoms with E-state index in [2.05, 4.69) is 31.3 Å². The van der Waals surface area contributed by atoms with Crippen molar-refractivity contribution in [3.63, 3.8) is 0 Å². The van der Waals surface area contributed by atoms with Gasteiger partial charge in [0.15, 0.2) is 11.5 Å². The van der Waals surface area contributed by atoms with Gasteiger partial charge in [-0.15, -0.1) is 0 Å². The first-order valence-corrected chi connectivity index (χ1v) is 7.93. The maximum atomic E-state index is 12.2. The smallest absolute Gasteiger partial charge is 0.343 e. The number of carbonyl (C=O) groups excluding carboxylic acids is 1. The molecule has 6 nitrogen and oxygen atoms in total. The van der Waals surface area contributed by atoms with E-state index in [1.54, 1.807) is 17.6 Å². The number of nitrogens with one attached hydrogen (secondary N) is 1. The quantitative estimate of drug-likeness (QED) is 0.704. The largest absolute Gasteiger partial charge is 0.462 e. The first-order valence-electron chi connectivity index (χ1n) is 7.13. The number of hydrogen-bond donors (Lipinski definition) is 1. The number of benzene rings is 1. The van der Waals surface area contributed by atoms with E-state index in [4.69, 9.17) is 4.74 Å². The maximum absolute atomic E-state index is 12.2. The molecule has 0 aliphatic heterocycles. The molecular weight excluding hydrogens is 360 g/mol. The van der Waals surface area contributed by atoms with Crippen molar-refractivity contribution in [1.82, 2.24) is 14.6 Å². The lowest BCUT2D eigenvalue weighted by Gasteiger charge is -2.14. The molecule has 1 N–H and O–H groups in total. The molecule has 3 aromatic rings. The lowest BCUT2D eigenvalue weighted by Crippen LogP contribution is -2.13. The van der Waals surface area contributed by atoms with Crippen molar-refractivity contribution in [2.45, 2.75) is 13.8 Å². The van der Waals surface area contributed by atoms with Gasteiger partial charge in [-0.3, -0.25) is 0 Å². The van der Waals surface area contributed by atoms with E-state index in [1.165, 1.54) is 6.20 Å². The SMILES string of the molecule is CCOC(=O)c1cnc2c(Br)cnn2c1Nc1ccccc1C. The predicted octanol–water partition coefficient (Wildman–Crippen LogP) is 3.72. The van der Waals surface area contributed by atoms with E-state index in [0.29, 0.717) is 23.6 Å². The fourth-order valence-electron chi connectivity index (χ4n) is 2.22. The van der Waals surface area contributed by atoms with Crippen LogP contribution in [0.1, 0.15) is 22.8 Å². The van der Waals surface area contributed by atoms with Crippen LogP contribution in [0.5, 0.6) is 0 Å². The zero-order chi connectivity index (χ0) is 16.4. The van der Waals surface area contributed by atoms with Crippen LogP contribution in [0.25, 0.3) is 5.65 Å². The molecule has 1 aromatic carbocycles. The molecule has 0 atom stereocenters. The van der Waals surface area contributed by atoms with Crippen molar-refractivity contribution in [2.24, 2.45) is 0 Å². The van der Waals surface area contributed by atoms with Crippen LogP contribution < -0.4 is 5.32 Å². The number of hydrogen-bond acceptors (Lipinski definition) is 5. The summed E-state index contributed by atoms with van der Waals surface area (Å²) in [4.78, 5) is 16.5. The lowest BCUT2D eigenvalue weighted by molar-refractivity contribution is 0.0526. The molecule has 0 aliphatic carbocycles. The molecule has 0 bridgehead atoms. The molecular formula is C16H15BrN4O2. The number of ether oxygens (including phenoxy) is 1. The fourth-order valence-corrected chi connectivity index (χ4v) is 2.58. The van der Waals surface area contributed by atoms with Gasteiger partial charge in [0.2, 0.25) is 0 Å². The minimum Gasteiger partial charge on any atom is -0.462 e. The molecule has 0 saturated carbocycles. The molecule has 0 aliphatic rings. The number of anilines is 2. The van der Waals surface area contributed by atoms with Gasteiger partial charge in [0.25, 0.3) is 0 Å². The van der Waals surface area contributed by atoms with Gasteiger partial charge in [-0.1, -0.05) is 18.2 Å². The highest BCUT2D eigenvalue weighted by atomic mass is 79.9. The normalized spacial score (nSPS) is 10.7. The fraction of sp³-hybridized carbons (Fsp3) is 0.188. The van der Waals surface area contributed by atoms with Gasteiger partial charge in [-0.2, -0.15) is 9.61 Å². The number of aromatic nitrogens is 3. The molecule has 2 aromatic heterocycles. The molecule has 3 rings (SSSR count). The average Bonchev–Trinajstić information content (AvgIpc) is 2.92. The van der Waals surface area contributed by atoms with Crippen molar-refractivity contribution >= 4 is 39.1 Å². The summed E-state index contributed by atoms with van der Waals surface area (Å²) in [6.45, 7) is 4.05. The van der Waals surface area contributed by atoms with Crippen LogP contribution in [0.3, 0.4) is 0 Å². The van der Waals surface area contributed by atoms with Gasteiger partial charge in [0.1, 0.15) is 5.56 Å². The molecule has 0 fully saturated rings. The topological polar surface area (TPSA) is 68.5 Å². The van der Waals surface area contributed by atoms with Gasteiger partial charge in [0.05, 0.1) is 17.3 Å². The standard InChI is InChI=1S/C16H15BrN4O2/c1-3-23-16(22)11-8-18-15-12(17)9-19-21(15)14(11)20-13-7-5-4-6-10(13)2/h4-9,20H,3H2,1-2H3. The highest BCUT2D eigenvalue weighted by Crippen LogP contribution is 2.26. The van der Waals surface area contributed by atoms with Crippen molar-refractivity contribution in [2.75, 3.05) is 11.9 Å². The number of esters is 1. The molecule has 2 heterocycles. The summed E-state index contributed by atoms with van der Waals surface area (Å²) in [6, 6.07) is 7.81. The number of para-hydroxylation sites is 1. The Morgan fingerprint density at radius 3 is 2.87 bits per heavy atom. The van der Waals surface area contributed by atoms with E-state index in [0.717, 1.165) is 15.7 Å². The zero-order valence-corrected chi connectivity index (χ0v) is 14.3. The van der Waals surface area contributed by atoms with Crippen molar-refractivity contribution in [1.29, 1.82) is 0 Å². The Balaban J connectivity index is 2.16. The molecule has 0 spiro atoms. The third kappa shape index (κ3) is 2.92. The molecule has 0 amide bonds. The highest BCUT2D eigenvalue weighted by molar-refractivity contribution is 9.10. The predicted molar refractivity (Wildman–Crippen MR) is 91.1 cm³/mol. The third-order valence-corrected chi connectivity index (χ3v) is 3.94. The first-order chi connectivity index (χ1) is 11.1. The van der Waals surface area contributed by atoms with Crippen molar-refractivity contribution < 1.29 is 9.53 Å². The van der Waals surface area contributed by atoms with Crippen LogP contribution in [0.4, 0.5) is 11.5 Å². The number of fused-ring (bicyclic) bond motifs is 1. The van der Waals surface area contributed by atoms with Crippen molar-refractivity contribution in [3.05, 3.63) is 52.3 Å². The molecule has 118 valence electrons. The Morgan fingerprint density at radius 2 is 2.13 bits per heavy atom. The van der Waals surface area contributed by atoms with Crippen LogP contribution in [0, 0.1) is 6.92 Å². The number of aryl methyl sites for hydroxylation is 1. The maximum Gasteiger partial charge on any atom is 0.343 e. The van der Waals surface area contributed by atoms with Crippen LogP contribution in [-0.4, -0.2) is 27.2 Å². The van der Waals surface area contributed by atoms with E-state index < -0.39 is 5.97 Å². The lowest BCUT2D eigenvalue weighted by atomic mass is 10.2. The number of carbonyl (C=O) groups is 1. The summed E-state index contributed by atoms with van der Waals surface area (Å²) in [5.41, 5.74) is 2.89. The summed E-state index contributed by atoms with van der Waals surface area (Å²) in [5, 5.41) is 7.56. The van der Waals surface area contributed by atoms with Gasteiger partial charge in [-0.05, 0) is 41.4 Å². The summed E-state index contributed by atoms with van der Waals surface area (Å²) < 4.78 is 7.46. The minimum absolute atomic E-state index is 0.295. The summed E-state index contributed by atoms with van der Waals surface area (Å²) in [5.74, 6) is 0.0815. The van der Waals surface area contributed by atoms with Crippen LogP contribution in [-0.2, 0) is 4.74 Å². The first kappa shape index (κ1) is 15.5. The van der Waals surface area contributed by atoms with Gasteiger partial charge >= 0.3 is 5.97 Å². The number of halogens is 1. The van der Waals surface area contributed by atoms with Gasteiger partial charge < -0.3 is 10.1 Å². The number of rotatable bonds is 4. The molecule has 0 saturated heterocycles. The zero-order valence-electron chi connectivity index (χ0n) is 12.7. The minimum atomic E-state index is -0.440. The summed E-state index contributed by atoms with van der Waals surface area (Å²) >= 11 is 3.40. The number of nitrogens with zero attached hydrogens (tertiary/aromatic N) is 3. The van der Waals surface area contributed by atoms with Crippen molar-refractivity contribution in [3.8, 4) is 0 Å².